The van der Waals surface area contributed by atoms with Gasteiger partial charge in [-0.05, 0) is 24.7 Å². The Morgan fingerprint density at radius 2 is 1.69 bits per heavy atom. The first-order valence-corrected chi connectivity index (χ1v) is 5.68. The Bertz CT molecular complexity index is 302. The Kier molecular flexibility index (Phi) is 2.78. The van der Waals surface area contributed by atoms with Crippen LogP contribution in [0.3, 0.4) is 0 Å². The third kappa shape index (κ3) is 1.86. The first-order chi connectivity index (χ1) is 7.49. The zero-order valence-corrected chi connectivity index (χ0v) is 9.72. The summed E-state index contributed by atoms with van der Waals surface area (Å²) >= 11 is 0. The van der Waals surface area contributed by atoms with Crippen LogP contribution < -0.4 is 0 Å². The number of carboxylic acids is 1. The second-order valence-electron chi connectivity index (χ2n) is 5.11. The molecule has 1 N–H and O–H groups in total. The molecule has 5 heteroatoms. The quantitative estimate of drug-likeness (QED) is 0.716. The van der Waals surface area contributed by atoms with Crippen LogP contribution >= 0.6 is 0 Å². The van der Waals surface area contributed by atoms with Crippen molar-refractivity contribution in [3.63, 3.8) is 0 Å². The number of aliphatic carboxylic acids is 1. The second kappa shape index (κ2) is 3.96. The van der Waals surface area contributed by atoms with Crippen LogP contribution in [0.2, 0.25) is 0 Å². The van der Waals surface area contributed by atoms with Crippen LogP contribution in [0.25, 0.3) is 0 Å². The van der Waals surface area contributed by atoms with E-state index >= 15 is 0 Å². The minimum absolute atomic E-state index is 0.0428. The van der Waals surface area contributed by atoms with Crippen LogP contribution in [0, 0.1) is 17.8 Å². The first kappa shape index (κ1) is 11.2. The summed E-state index contributed by atoms with van der Waals surface area (Å²) in [5.41, 5.74) is 0. The monoisotopic (exact) mass is 226 g/mol. The highest BCUT2D eigenvalue weighted by molar-refractivity contribution is 5.74. The smallest absolute Gasteiger partial charge is 0.319 e. The van der Waals surface area contributed by atoms with Gasteiger partial charge >= 0.3 is 12.0 Å². The summed E-state index contributed by atoms with van der Waals surface area (Å²) in [7, 11) is 3.49. The van der Waals surface area contributed by atoms with Crippen molar-refractivity contribution in [2.24, 2.45) is 17.8 Å². The fourth-order valence-corrected chi connectivity index (χ4v) is 2.94. The Labute approximate surface area is 95.0 Å². The molecule has 16 heavy (non-hydrogen) atoms. The van der Waals surface area contributed by atoms with Crippen molar-refractivity contribution in [3.05, 3.63) is 0 Å². The fraction of sp³-hybridized carbons (Fsp3) is 0.818. The number of likely N-dealkylation sites (tertiary alicyclic amines) is 1. The fourth-order valence-electron chi connectivity index (χ4n) is 2.94. The Morgan fingerprint density at radius 3 is 2.06 bits per heavy atom. The van der Waals surface area contributed by atoms with E-state index in [1.165, 1.54) is 0 Å². The molecular weight excluding hydrogens is 208 g/mol. The minimum Gasteiger partial charge on any atom is -0.481 e. The summed E-state index contributed by atoms with van der Waals surface area (Å²) in [4.78, 5) is 26.0. The average Bonchev–Trinajstić information content (AvgIpc) is 2.72. The summed E-state index contributed by atoms with van der Waals surface area (Å²) in [5.74, 6) is -0.0819. The summed E-state index contributed by atoms with van der Waals surface area (Å²) in [5, 5.41) is 8.94. The van der Waals surface area contributed by atoms with Crippen LogP contribution in [0.15, 0.2) is 0 Å². The highest BCUT2D eigenvalue weighted by atomic mass is 16.4. The van der Waals surface area contributed by atoms with Gasteiger partial charge in [-0.3, -0.25) is 4.79 Å². The molecule has 2 unspecified atom stereocenters. The highest BCUT2D eigenvalue weighted by Gasteiger charge is 2.44. The zero-order valence-electron chi connectivity index (χ0n) is 9.72. The largest absolute Gasteiger partial charge is 0.481 e. The topological polar surface area (TPSA) is 60.9 Å². The van der Waals surface area contributed by atoms with Gasteiger partial charge in [-0.15, -0.1) is 0 Å². The molecule has 0 aromatic heterocycles. The Morgan fingerprint density at radius 1 is 1.19 bits per heavy atom. The molecule has 1 aliphatic carbocycles. The number of hydrogen-bond donors (Lipinski definition) is 1. The number of rotatable bonds is 1. The molecule has 2 amide bonds. The molecule has 2 fully saturated rings. The number of hydrogen-bond acceptors (Lipinski definition) is 2. The summed E-state index contributed by atoms with van der Waals surface area (Å²) in [6, 6.07) is 0.0428. The second-order valence-corrected chi connectivity index (χ2v) is 5.11. The van der Waals surface area contributed by atoms with Crippen LogP contribution in [0.4, 0.5) is 4.79 Å². The van der Waals surface area contributed by atoms with Crippen molar-refractivity contribution < 1.29 is 14.7 Å². The van der Waals surface area contributed by atoms with E-state index in [4.69, 9.17) is 5.11 Å². The summed E-state index contributed by atoms with van der Waals surface area (Å²) in [6.45, 7) is 1.46. The molecule has 1 heterocycles. The van der Waals surface area contributed by atoms with Crippen LogP contribution in [0.1, 0.15) is 12.8 Å². The predicted octanol–water partition coefficient (Wildman–Crippen LogP) is 0.711. The molecule has 1 saturated heterocycles. The number of urea groups is 1. The Balaban J connectivity index is 1.93. The molecule has 2 aliphatic rings. The standard InChI is InChI=1S/C11H18N2O3/c1-12(2)11(16)13-5-8-3-7(10(14)15)4-9(8)6-13/h7-9H,3-6H2,1-2H3,(H,14,15). The van der Waals surface area contributed by atoms with Gasteiger partial charge in [-0.1, -0.05) is 0 Å². The maximum absolute atomic E-state index is 11.7. The molecule has 90 valence electrons. The SMILES string of the molecule is CN(C)C(=O)N1CC2CC(C(=O)O)CC2C1. The van der Waals surface area contributed by atoms with Gasteiger partial charge in [0.15, 0.2) is 0 Å². The lowest BCUT2D eigenvalue weighted by Gasteiger charge is -2.22. The lowest BCUT2D eigenvalue weighted by Crippen LogP contribution is -2.38. The van der Waals surface area contributed by atoms with Gasteiger partial charge in [0.25, 0.3) is 0 Å². The maximum Gasteiger partial charge on any atom is 0.319 e. The van der Waals surface area contributed by atoms with Crippen LogP contribution in [-0.4, -0.2) is 54.1 Å². The van der Waals surface area contributed by atoms with Crippen molar-refractivity contribution in [1.82, 2.24) is 9.80 Å². The molecule has 0 spiro atoms. The van der Waals surface area contributed by atoms with E-state index in [-0.39, 0.29) is 11.9 Å². The number of carbonyl (C=O) groups excluding carboxylic acids is 1. The molecule has 1 saturated carbocycles. The molecule has 0 aromatic rings. The van der Waals surface area contributed by atoms with E-state index in [1.807, 2.05) is 4.90 Å². The lowest BCUT2D eigenvalue weighted by molar-refractivity contribution is -0.141. The molecule has 1 aliphatic heterocycles. The van der Waals surface area contributed by atoms with Gasteiger partial charge < -0.3 is 14.9 Å². The normalized spacial score (nSPS) is 32.6. The average molecular weight is 226 g/mol. The van der Waals surface area contributed by atoms with E-state index in [2.05, 4.69) is 0 Å². The molecule has 0 aromatic carbocycles. The number of fused-ring (bicyclic) bond motifs is 1. The first-order valence-electron chi connectivity index (χ1n) is 5.68. The molecule has 0 bridgehead atoms. The summed E-state index contributed by atoms with van der Waals surface area (Å²) < 4.78 is 0. The van der Waals surface area contributed by atoms with Gasteiger partial charge in [-0.2, -0.15) is 0 Å². The maximum atomic E-state index is 11.7. The lowest BCUT2D eigenvalue weighted by atomic mass is 10.0. The van der Waals surface area contributed by atoms with E-state index in [1.54, 1.807) is 19.0 Å². The van der Waals surface area contributed by atoms with Crippen molar-refractivity contribution in [2.45, 2.75) is 12.8 Å². The van der Waals surface area contributed by atoms with Crippen molar-refractivity contribution in [3.8, 4) is 0 Å². The number of amides is 2. The van der Waals surface area contributed by atoms with Gasteiger partial charge in [0, 0.05) is 27.2 Å². The highest BCUT2D eigenvalue weighted by Crippen LogP contribution is 2.41. The minimum atomic E-state index is -0.681. The number of carbonyl (C=O) groups is 2. The molecule has 5 nitrogen and oxygen atoms in total. The number of carboxylic acid groups (broad SMARTS) is 1. The Hall–Kier alpha value is -1.26. The van der Waals surface area contributed by atoms with E-state index < -0.39 is 5.97 Å². The molecule has 0 radical (unpaired) electrons. The van der Waals surface area contributed by atoms with Gasteiger partial charge in [-0.25, -0.2) is 4.79 Å². The van der Waals surface area contributed by atoms with Gasteiger partial charge in [0.2, 0.25) is 0 Å². The number of nitrogens with zero attached hydrogens (tertiary/aromatic N) is 2. The molecule has 2 rings (SSSR count). The zero-order chi connectivity index (χ0) is 11.9. The van der Waals surface area contributed by atoms with Crippen molar-refractivity contribution >= 4 is 12.0 Å². The molecule has 2 atom stereocenters. The van der Waals surface area contributed by atoms with Crippen molar-refractivity contribution in [1.29, 1.82) is 0 Å². The third-order valence-corrected chi connectivity index (χ3v) is 3.75. The predicted molar refractivity (Wildman–Crippen MR) is 58.0 cm³/mol. The van der Waals surface area contributed by atoms with Gasteiger partial charge in [0.1, 0.15) is 0 Å². The third-order valence-electron chi connectivity index (χ3n) is 3.75. The van der Waals surface area contributed by atoms with Gasteiger partial charge in [0.05, 0.1) is 5.92 Å². The van der Waals surface area contributed by atoms with Crippen molar-refractivity contribution in [2.75, 3.05) is 27.2 Å². The van der Waals surface area contributed by atoms with Crippen LogP contribution in [-0.2, 0) is 4.79 Å². The van der Waals surface area contributed by atoms with E-state index in [9.17, 15) is 9.59 Å². The van der Waals surface area contributed by atoms with E-state index in [0.29, 0.717) is 11.8 Å². The summed E-state index contributed by atoms with van der Waals surface area (Å²) in [6.07, 6.45) is 1.47. The van der Waals surface area contributed by atoms with E-state index in [0.717, 1.165) is 25.9 Å². The molecular formula is C11H18N2O3. The van der Waals surface area contributed by atoms with Crippen LogP contribution in [0.5, 0.6) is 0 Å².